The van der Waals surface area contributed by atoms with Gasteiger partial charge in [-0.05, 0) is 31.7 Å². The Morgan fingerprint density at radius 2 is 2.22 bits per heavy atom. The third-order valence-electron chi connectivity index (χ3n) is 3.46. The van der Waals surface area contributed by atoms with E-state index in [0.29, 0.717) is 14.6 Å². The summed E-state index contributed by atoms with van der Waals surface area (Å²) in [7, 11) is 0. The van der Waals surface area contributed by atoms with Gasteiger partial charge in [-0.2, -0.15) is 0 Å². The van der Waals surface area contributed by atoms with Crippen LogP contribution in [0, 0.1) is 5.92 Å². The summed E-state index contributed by atoms with van der Waals surface area (Å²) in [5.74, 6) is 1.34. The highest BCUT2D eigenvalue weighted by Gasteiger charge is 2.41. The largest absolute Gasteiger partial charge is 0.340 e. The van der Waals surface area contributed by atoms with Crippen LogP contribution in [0.25, 0.3) is 11.3 Å². The van der Waals surface area contributed by atoms with Gasteiger partial charge in [0.05, 0.1) is 21.8 Å². The summed E-state index contributed by atoms with van der Waals surface area (Å²) >= 11 is 13.4. The Morgan fingerprint density at radius 3 is 2.78 bits per heavy atom. The Kier molecular flexibility index (Phi) is 2.94. The summed E-state index contributed by atoms with van der Waals surface area (Å²) in [6.07, 6.45) is 4.12. The van der Waals surface area contributed by atoms with Crippen molar-refractivity contribution in [1.82, 2.24) is 9.97 Å². The number of thiophene rings is 1. The molecule has 18 heavy (non-hydrogen) atoms. The van der Waals surface area contributed by atoms with Crippen LogP contribution in [0.1, 0.15) is 25.6 Å². The monoisotopic (exact) mass is 301 g/mol. The number of nitrogens with two attached hydrogens (primary N) is 1. The Morgan fingerprint density at radius 1 is 1.50 bits per heavy atom. The van der Waals surface area contributed by atoms with Crippen molar-refractivity contribution < 1.29 is 0 Å². The summed E-state index contributed by atoms with van der Waals surface area (Å²) in [5.41, 5.74) is 7.70. The fourth-order valence-electron chi connectivity index (χ4n) is 2.13. The fraction of sp³-hybridized carbons (Fsp3) is 0.417. The lowest BCUT2D eigenvalue weighted by molar-refractivity contribution is 0.404. The smallest absolute Gasteiger partial charge is 0.126 e. The van der Waals surface area contributed by atoms with Crippen molar-refractivity contribution in [3.05, 3.63) is 26.8 Å². The van der Waals surface area contributed by atoms with Crippen LogP contribution in [0.4, 0.5) is 0 Å². The molecule has 2 aromatic heterocycles. The predicted molar refractivity (Wildman–Crippen MR) is 76.2 cm³/mol. The van der Waals surface area contributed by atoms with Gasteiger partial charge in [0, 0.05) is 5.56 Å². The predicted octanol–water partition coefficient (Wildman–Crippen LogP) is 4.03. The summed E-state index contributed by atoms with van der Waals surface area (Å²) in [6.45, 7) is 2.02. The molecule has 0 spiro atoms. The molecule has 0 amide bonds. The fourth-order valence-corrected chi connectivity index (χ4v) is 3.62. The number of hydrogen-bond acceptors (Lipinski definition) is 3. The second kappa shape index (κ2) is 4.23. The van der Waals surface area contributed by atoms with Crippen LogP contribution < -0.4 is 5.73 Å². The quantitative estimate of drug-likeness (QED) is 0.899. The van der Waals surface area contributed by atoms with E-state index in [1.54, 1.807) is 6.20 Å². The number of rotatable bonds is 3. The molecular formula is C12H13Cl2N3S. The lowest BCUT2D eigenvalue weighted by Crippen LogP contribution is -2.36. The highest BCUT2D eigenvalue weighted by molar-refractivity contribution is 7.20. The van der Waals surface area contributed by atoms with E-state index >= 15 is 0 Å². The molecule has 1 aliphatic carbocycles. The molecule has 3 N–H and O–H groups in total. The normalized spacial score (nSPS) is 18.9. The number of hydrogen-bond donors (Lipinski definition) is 2. The Labute approximate surface area is 119 Å². The highest BCUT2D eigenvalue weighted by Crippen LogP contribution is 2.44. The van der Waals surface area contributed by atoms with Gasteiger partial charge in [0.25, 0.3) is 0 Å². The molecule has 3 rings (SSSR count). The van der Waals surface area contributed by atoms with E-state index in [4.69, 9.17) is 28.9 Å². The first-order chi connectivity index (χ1) is 8.48. The summed E-state index contributed by atoms with van der Waals surface area (Å²) < 4.78 is 1.34. The molecule has 1 aliphatic rings. The number of aromatic nitrogens is 2. The maximum absolute atomic E-state index is 6.33. The van der Waals surface area contributed by atoms with Crippen molar-refractivity contribution in [3.8, 4) is 11.3 Å². The van der Waals surface area contributed by atoms with Crippen LogP contribution in [-0.4, -0.2) is 9.97 Å². The van der Waals surface area contributed by atoms with Gasteiger partial charge < -0.3 is 10.7 Å². The number of imidazole rings is 1. The highest BCUT2D eigenvalue weighted by atomic mass is 35.5. The van der Waals surface area contributed by atoms with Gasteiger partial charge in [-0.15, -0.1) is 11.3 Å². The van der Waals surface area contributed by atoms with Crippen LogP contribution in [0.2, 0.25) is 8.67 Å². The third kappa shape index (κ3) is 2.07. The summed E-state index contributed by atoms with van der Waals surface area (Å²) in [5, 5.41) is 0. The van der Waals surface area contributed by atoms with E-state index in [9.17, 15) is 0 Å². The standard InChI is InChI=1S/C12H13Cl2N3S/c1-12(15,6-2-3-6)11-16-5-8(17-11)7-4-9(13)18-10(7)14/h4-6H,2-3,15H2,1H3,(H,16,17). The molecule has 1 unspecified atom stereocenters. The number of halogens is 2. The Balaban J connectivity index is 1.96. The zero-order valence-electron chi connectivity index (χ0n) is 9.84. The molecule has 1 fully saturated rings. The topological polar surface area (TPSA) is 54.7 Å². The molecule has 2 aromatic rings. The van der Waals surface area contributed by atoms with Crippen molar-refractivity contribution >= 4 is 34.5 Å². The maximum atomic E-state index is 6.33. The van der Waals surface area contributed by atoms with Crippen molar-refractivity contribution in [1.29, 1.82) is 0 Å². The number of H-pyrrole nitrogens is 1. The van der Waals surface area contributed by atoms with Gasteiger partial charge in [-0.25, -0.2) is 4.98 Å². The number of aromatic amines is 1. The minimum atomic E-state index is -0.384. The maximum Gasteiger partial charge on any atom is 0.126 e. The Bertz CT molecular complexity index is 584. The molecule has 1 saturated carbocycles. The summed E-state index contributed by atoms with van der Waals surface area (Å²) in [4.78, 5) is 7.67. The van der Waals surface area contributed by atoms with Gasteiger partial charge >= 0.3 is 0 Å². The first-order valence-electron chi connectivity index (χ1n) is 5.78. The SMILES string of the molecule is CC(N)(c1ncc(-c2cc(Cl)sc2Cl)[nH]1)C1CC1. The van der Waals surface area contributed by atoms with E-state index < -0.39 is 0 Å². The first-order valence-corrected chi connectivity index (χ1v) is 7.35. The van der Waals surface area contributed by atoms with Gasteiger partial charge in [0.1, 0.15) is 10.2 Å². The lowest BCUT2D eigenvalue weighted by atomic mass is 9.97. The minimum Gasteiger partial charge on any atom is -0.340 e. The van der Waals surface area contributed by atoms with Crippen molar-refractivity contribution in [2.75, 3.05) is 0 Å². The molecule has 96 valence electrons. The van der Waals surface area contributed by atoms with Crippen molar-refractivity contribution in [3.63, 3.8) is 0 Å². The average molecular weight is 302 g/mol. The van der Waals surface area contributed by atoms with Crippen LogP contribution >= 0.6 is 34.5 Å². The number of nitrogens with zero attached hydrogens (tertiary/aromatic N) is 1. The van der Waals surface area contributed by atoms with E-state index in [-0.39, 0.29) is 5.54 Å². The Hall–Kier alpha value is -0.550. The molecule has 0 bridgehead atoms. The zero-order valence-corrected chi connectivity index (χ0v) is 12.2. The van der Waals surface area contributed by atoms with Crippen molar-refractivity contribution in [2.45, 2.75) is 25.3 Å². The zero-order chi connectivity index (χ0) is 12.9. The average Bonchev–Trinajstić information content (AvgIpc) is 2.95. The number of nitrogens with one attached hydrogen (secondary N) is 1. The van der Waals surface area contributed by atoms with E-state index in [0.717, 1.165) is 17.1 Å². The van der Waals surface area contributed by atoms with Gasteiger partial charge in [0.15, 0.2) is 0 Å². The molecule has 0 aliphatic heterocycles. The third-order valence-corrected chi connectivity index (χ3v) is 4.95. The van der Waals surface area contributed by atoms with Crippen LogP contribution in [-0.2, 0) is 5.54 Å². The molecule has 0 saturated heterocycles. The second-order valence-electron chi connectivity index (χ2n) is 4.94. The molecule has 3 nitrogen and oxygen atoms in total. The van der Waals surface area contributed by atoms with Crippen LogP contribution in [0.3, 0.4) is 0 Å². The van der Waals surface area contributed by atoms with E-state index in [1.165, 1.54) is 24.2 Å². The molecule has 0 aromatic carbocycles. The van der Waals surface area contributed by atoms with Gasteiger partial charge in [0.2, 0.25) is 0 Å². The minimum absolute atomic E-state index is 0.384. The van der Waals surface area contributed by atoms with Crippen LogP contribution in [0.15, 0.2) is 12.3 Å². The molecular weight excluding hydrogens is 289 g/mol. The molecule has 2 heterocycles. The lowest BCUT2D eigenvalue weighted by Gasteiger charge is -2.21. The molecule has 1 atom stereocenters. The first kappa shape index (κ1) is 12.5. The van der Waals surface area contributed by atoms with E-state index in [1.807, 2.05) is 13.0 Å². The molecule has 6 heteroatoms. The van der Waals surface area contributed by atoms with E-state index in [2.05, 4.69) is 9.97 Å². The summed E-state index contributed by atoms with van der Waals surface area (Å²) in [6, 6.07) is 1.84. The van der Waals surface area contributed by atoms with Gasteiger partial charge in [-0.3, -0.25) is 0 Å². The second-order valence-corrected chi connectivity index (χ2v) is 7.23. The molecule has 0 radical (unpaired) electrons. The van der Waals surface area contributed by atoms with Crippen molar-refractivity contribution in [2.24, 2.45) is 11.7 Å². The van der Waals surface area contributed by atoms with Gasteiger partial charge in [-0.1, -0.05) is 23.2 Å². The van der Waals surface area contributed by atoms with Crippen LogP contribution in [0.5, 0.6) is 0 Å².